The maximum Gasteiger partial charge on any atom is 0.126 e. The highest BCUT2D eigenvalue weighted by atomic mass is 16.5. The van der Waals surface area contributed by atoms with Crippen molar-refractivity contribution in [3.63, 3.8) is 0 Å². The van der Waals surface area contributed by atoms with Gasteiger partial charge in [0, 0.05) is 12.1 Å². The van der Waals surface area contributed by atoms with E-state index in [0.717, 1.165) is 23.4 Å². The second-order valence-corrected chi connectivity index (χ2v) is 4.73. The molecule has 0 saturated carbocycles. The molecule has 1 aromatic rings. The fourth-order valence-corrected chi connectivity index (χ4v) is 1.58. The molecule has 1 rings (SSSR count). The third-order valence-electron chi connectivity index (χ3n) is 2.95. The molecule has 0 aliphatic rings. The fraction of sp³-hybridized carbons (Fsp3) is 0.571. The van der Waals surface area contributed by atoms with Crippen LogP contribution >= 0.6 is 0 Å². The average molecular weight is 237 g/mol. The molecule has 0 heterocycles. The van der Waals surface area contributed by atoms with E-state index in [1.54, 1.807) is 6.92 Å². The molecular weight excluding hydrogens is 214 g/mol. The Morgan fingerprint density at radius 3 is 2.71 bits per heavy atom. The van der Waals surface area contributed by atoms with Crippen molar-refractivity contribution in [1.29, 1.82) is 0 Å². The number of nitrogens with one attached hydrogen (secondary N) is 1. The van der Waals surface area contributed by atoms with Crippen LogP contribution < -0.4 is 10.1 Å². The highest BCUT2D eigenvalue weighted by Gasteiger charge is 2.19. The molecule has 0 fully saturated rings. The first-order valence-electron chi connectivity index (χ1n) is 6.08. The average Bonchev–Trinajstić information content (AvgIpc) is 2.29. The largest absolute Gasteiger partial charge is 0.490 e. The summed E-state index contributed by atoms with van der Waals surface area (Å²) in [5, 5.41) is 13.1. The zero-order valence-electron chi connectivity index (χ0n) is 11.2. The van der Waals surface area contributed by atoms with E-state index >= 15 is 0 Å². The molecule has 1 atom stereocenters. The minimum atomic E-state index is -0.765. The lowest BCUT2D eigenvalue weighted by atomic mass is 10.1. The summed E-state index contributed by atoms with van der Waals surface area (Å²) in [5.41, 5.74) is 1.46. The van der Waals surface area contributed by atoms with Gasteiger partial charge in [-0.2, -0.15) is 0 Å². The minimum Gasteiger partial charge on any atom is -0.490 e. The van der Waals surface area contributed by atoms with Gasteiger partial charge in [-0.25, -0.2) is 0 Å². The molecule has 96 valence electrons. The van der Waals surface area contributed by atoms with E-state index in [-0.39, 0.29) is 0 Å². The van der Waals surface area contributed by atoms with Crippen molar-refractivity contribution in [2.24, 2.45) is 0 Å². The normalized spacial score (nSPS) is 14.4. The van der Waals surface area contributed by atoms with E-state index in [0.29, 0.717) is 13.0 Å². The van der Waals surface area contributed by atoms with Crippen molar-refractivity contribution < 1.29 is 9.84 Å². The number of para-hydroxylation sites is 1. The Kier molecular flexibility index (Phi) is 4.97. The molecule has 0 saturated heterocycles. The molecule has 2 N–H and O–H groups in total. The number of rotatable bonds is 6. The van der Waals surface area contributed by atoms with E-state index < -0.39 is 5.60 Å². The monoisotopic (exact) mass is 237 g/mol. The van der Waals surface area contributed by atoms with E-state index in [4.69, 9.17) is 4.74 Å². The topological polar surface area (TPSA) is 41.5 Å². The Balaban J connectivity index is 2.82. The van der Waals surface area contributed by atoms with Gasteiger partial charge in [-0.05, 0) is 32.9 Å². The minimum absolute atomic E-state index is 0.324. The van der Waals surface area contributed by atoms with Crippen LogP contribution in [0.3, 0.4) is 0 Å². The third kappa shape index (κ3) is 4.02. The first-order valence-corrected chi connectivity index (χ1v) is 6.08. The van der Waals surface area contributed by atoms with E-state index in [1.807, 2.05) is 39.1 Å². The summed E-state index contributed by atoms with van der Waals surface area (Å²) in [6, 6.07) is 6.08. The summed E-state index contributed by atoms with van der Waals surface area (Å²) in [7, 11) is 1.91. The van der Waals surface area contributed by atoms with Crippen molar-refractivity contribution in [2.45, 2.75) is 39.3 Å². The quantitative estimate of drug-likeness (QED) is 0.797. The highest BCUT2D eigenvalue weighted by molar-refractivity contribution is 5.40. The molecule has 3 heteroatoms. The zero-order chi connectivity index (χ0) is 12.9. The van der Waals surface area contributed by atoms with Gasteiger partial charge in [0.25, 0.3) is 0 Å². The third-order valence-corrected chi connectivity index (χ3v) is 2.95. The van der Waals surface area contributed by atoms with Crippen LogP contribution in [0.4, 0.5) is 0 Å². The van der Waals surface area contributed by atoms with Crippen molar-refractivity contribution in [2.75, 3.05) is 13.7 Å². The van der Waals surface area contributed by atoms with Gasteiger partial charge >= 0.3 is 0 Å². The van der Waals surface area contributed by atoms with Crippen molar-refractivity contribution in [1.82, 2.24) is 5.32 Å². The van der Waals surface area contributed by atoms with Crippen molar-refractivity contribution in [3.8, 4) is 5.75 Å². The number of hydrogen-bond acceptors (Lipinski definition) is 3. The number of aliphatic hydroxyl groups is 1. The summed E-state index contributed by atoms with van der Waals surface area (Å²) in [5.74, 6) is 0.885. The predicted molar refractivity (Wildman–Crippen MR) is 70.4 cm³/mol. The van der Waals surface area contributed by atoms with Crippen molar-refractivity contribution in [3.05, 3.63) is 29.3 Å². The van der Waals surface area contributed by atoms with Crippen LogP contribution in [-0.2, 0) is 6.54 Å². The molecule has 0 aliphatic heterocycles. The van der Waals surface area contributed by atoms with Crippen LogP contribution in [0, 0.1) is 6.92 Å². The number of hydrogen-bond donors (Lipinski definition) is 2. The molecule has 1 aromatic carbocycles. The summed E-state index contributed by atoms with van der Waals surface area (Å²) in [6.07, 6.45) is 0.681. The predicted octanol–water partition coefficient (Wildman–Crippen LogP) is 2.25. The highest BCUT2D eigenvalue weighted by Crippen LogP contribution is 2.24. The molecule has 0 aliphatic carbocycles. The van der Waals surface area contributed by atoms with Crippen LogP contribution in [0.2, 0.25) is 0 Å². The Morgan fingerprint density at radius 2 is 2.12 bits per heavy atom. The smallest absolute Gasteiger partial charge is 0.126 e. The number of ether oxygens (including phenoxy) is 1. The summed E-state index contributed by atoms with van der Waals surface area (Å²) >= 11 is 0. The summed E-state index contributed by atoms with van der Waals surface area (Å²) in [6.45, 7) is 6.87. The molecule has 3 nitrogen and oxygen atoms in total. The second-order valence-electron chi connectivity index (χ2n) is 4.73. The molecular formula is C14H23NO2. The van der Waals surface area contributed by atoms with Gasteiger partial charge in [0.2, 0.25) is 0 Å². The van der Waals surface area contributed by atoms with Gasteiger partial charge in [0.05, 0.1) is 5.60 Å². The van der Waals surface area contributed by atoms with Crippen molar-refractivity contribution >= 4 is 0 Å². The van der Waals surface area contributed by atoms with Crippen LogP contribution in [0.15, 0.2) is 18.2 Å². The van der Waals surface area contributed by atoms with E-state index in [1.165, 1.54) is 0 Å². The van der Waals surface area contributed by atoms with Crippen LogP contribution in [0.5, 0.6) is 5.75 Å². The molecule has 17 heavy (non-hydrogen) atoms. The lowest BCUT2D eigenvalue weighted by molar-refractivity contribution is 0.00797. The maximum absolute atomic E-state index is 9.96. The number of aryl methyl sites for hydroxylation is 1. The maximum atomic E-state index is 9.96. The zero-order valence-corrected chi connectivity index (χ0v) is 11.2. The van der Waals surface area contributed by atoms with Gasteiger partial charge in [-0.1, -0.05) is 25.1 Å². The first-order chi connectivity index (χ1) is 8.00. The molecule has 0 radical (unpaired) electrons. The van der Waals surface area contributed by atoms with Crippen LogP contribution in [0.1, 0.15) is 31.4 Å². The summed E-state index contributed by atoms with van der Waals surface area (Å²) in [4.78, 5) is 0. The van der Waals surface area contributed by atoms with Gasteiger partial charge < -0.3 is 15.2 Å². The second kappa shape index (κ2) is 6.03. The molecule has 0 aromatic heterocycles. The van der Waals surface area contributed by atoms with Gasteiger partial charge in [0.1, 0.15) is 12.4 Å². The van der Waals surface area contributed by atoms with E-state index in [9.17, 15) is 5.11 Å². The Bertz CT molecular complexity index is 361. The summed E-state index contributed by atoms with van der Waals surface area (Å²) < 4.78 is 5.79. The molecule has 0 bridgehead atoms. The molecule has 0 amide bonds. The standard InChI is InChI=1S/C14H23NO2/c1-5-14(3,16)10-17-13-11(2)7-6-8-12(13)9-15-4/h6-8,15-16H,5,9-10H2,1-4H3. The molecule has 0 spiro atoms. The van der Waals surface area contributed by atoms with Gasteiger partial charge in [-0.3, -0.25) is 0 Å². The Labute approximate surface area is 104 Å². The van der Waals surface area contributed by atoms with Gasteiger partial charge in [-0.15, -0.1) is 0 Å². The SMILES string of the molecule is CCC(C)(O)COc1c(C)cccc1CNC. The molecule has 1 unspecified atom stereocenters. The van der Waals surface area contributed by atoms with E-state index in [2.05, 4.69) is 5.32 Å². The first kappa shape index (κ1) is 14.0. The van der Waals surface area contributed by atoms with Crippen LogP contribution in [0.25, 0.3) is 0 Å². The lowest BCUT2D eigenvalue weighted by Gasteiger charge is -2.23. The fourth-order valence-electron chi connectivity index (χ4n) is 1.58. The Hall–Kier alpha value is -1.06. The Morgan fingerprint density at radius 1 is 1.41 bits per heavy atom. The number of benzene rings is 1. The van der Waals surface area contributed by atoms with Crippen LogP contribution in [-0.4, -0.2) is 24.4 Å². The lowest BCUT2D eigenvalue weighted by Crippen LogP contribution is -2.31. The van der Waals surface area contributed by atoms with Gasteiger partial charge in [0.15, 0.2) is 0 Å².